The molecule has 70 heavy (non-hydrogen) atoms. The number of carboxylic acids is 1. The molecule has 4 bridgehead atoms. The molecule has 9 atom stereocenters. The number of alkyl carbamates (subject to hydrolysis) is 1. The van der Waals surface area contributed by atoms with Gasteiger partial charge in [0, 0.05) is 75.8 Å². The molecule has 3 heterocycles. The van der Waals surface area contributed by atoms with Crippen LogP contribution in [0.2, 0.25) is 5.02 Å². The number of amides is 4. The topological polar surface area (TPSA) is 231 Å². The largest absolute Gasteiger partial charge is 0.481 e. The number of nitrogens with one attached hydrogen (secondary N) is 2. The molecule has 17 nitrogen and oxygen atoms in total. The molecule has 2 saturated heterocycles. The lowest BCUT2D eigenvalue weighted by Crippen LogP contribution is -2.63. The van der Waals surface area contributed by atoms with Gasteiger partial charge in [0.1, 0.15) is 35.7 Å². The van der Waals surface area contributed by atoms with E-state index in [0.717, 1.165) is 22.5 Å². The Morgan fingerprint density at radius 2 is 1.80 bits per heavy atom. The molecule has 0 aliphatic carbocycles. The van der Waals surface area contributed by atoms with E-state index < -0.39 is 77.6 Å². The van der Waals surface area contributed by atoms with Gasteiger partial charge in [0.05, 0.1) is 29.7 Å². The lowest BCUT2D eigenvalue weighted by molar-refractivity contribution is -0.162. The number of epoxide rings is 1. The number of rotatable bonds is 20. The highest BCUT2D eigenvalue weighted by Crippen LogP contribution is 2.49. The number of methoxy groups -OCH3 is 1. The second kappa shape index (κ2) is 25.5. The first-order valence-electron chi connectivity index (χ1n) is 23.8. The number of likely N-dealkylation sites (N-methyl/N-ethyl adjacent to an activating group) is 1. The molecule has 0 spiro atoms. The fraction of sp³-hybridized carbons (Fsp3) is 0.660. The van der Waals surface area contributed by atoms with Crippen LogP contribution in [0.1, 0.15) is 117 Å². The number of hydrogen-bond acceptors (Lipinski definition) is 14. The molecular weight excluding hydrogens is 964 g/mol. The number of aryl methyl sites for hydroxylation is 1. The number of ether oxygens (including phenoxy) is 4. The average molecular weight is 1040 g/mol. The highest BCUT2D eigenvalue weighted by molar-refractivity contribution is 8.77. The Labute approximate surface area is 425 Å². The minimum Gasteiger partial charge on any atom is -0.481 e. The highest BCUT2D eigenvalue weighted by Gasteiger charge is 2.64. The van der Waals surface area contributed by atoms with Crippen LogP contribution in [0, 0.1) is 18.8 Å². The average Bonchev–Trinajstić information content (AvgIpc) is 3.98. The van der Waals surface area contributed by atoms with E-state index in [1.54, 1.807) is 68.5 Å². The third-order valence-corrected chi connectivity index (χ3v) is 17.2. The van der Waals surface area contributed by atoms with Crippen molar-refractivity contribution in [2.75, 3.05) is 38.4 Å². The summed E-state index contributed by atoms with van der Waals surface area (Å²) < 4.78 is 23.6. The quantitative estimate of drug-likeness (QED) is 0.0441. The Bertz CT molecular complexity index is 2160. The monoisotopic (exact) mass is 1040 g/mol. The van der Waals surface area contributed by atoms with E-state index in [-0.39, 0.29) is 48.0 Å². The number of esters is 1. The molecule has 4 N–H and O–H groups in total. The minimum absolute atomic E-state index is 0.0682. The van der Waals surface area contributed by atoms with E-state index in [1.807, 2.05) is 45.9 Å². The molecular formula is C50H73ClN4O13S2. The SMILES string of the molecule is CO[C@@H]1/C=C/C=C(\C)Cc2cc(C)c(Cl)c(c2)N(C)C(=O)C[C@H](OC(=O)[C@H](C)N(C)C(=O)CCC(C)(C)SSCCCC(=O)CCCNC(=O)C(C)CC(=O)O)[C@]2(C)O[C@H]2[C@H](C)[C@@H]2C[C@@]1(O)NC(=O)O2. The van der Waals surface area contributed by atoms with Crippen molar-refractivity contribution >= 4 is 80.4 Å². The second-order valence-corrected chi connectivity index (χ2v) is 23.2. The van der Waals surface area contributed by atoms with Crippen LogP contribution in [0.4, 0.5) is 10.5 Å². The summed E-state index contributed by atoms with van der Waals surface area (Å²) in [5.74, 6) is -3.22. The number of ketones is 1. The normalized spacial score (nSPS) is 27.1. The number of aliphatic hydroxyl groups is 1. The van der Waals surface area contributed by atoms with Crippen LogP contribution in [0.3, 0.4) is 0 Å². The third-order valence-electron chi connectivity index (χ3n) is 13.3. The van der Waals surface area contributed by atoms with Gasteiger partial charge >= 0.3 is 18.0 Å². The maximum absolute atomic E-state index is 14.3. The summed E-state index contributed by atoms with van der Waals surface area (Å²) in [6.07, 6.45) is 3.16. The van der Waals surface area contributed by atoms with Crippen LogP contribution in [-0.2, 0) is 54.1 Å². The first-order chi connectivity index (χ1) is 32.7. The molecule has 20 heteroatoms. The first kappa shape index (κ1) is 58.4. The third kappa shape index (κ3) is 16.2. The van der Waals surface area contributed by atoms with Gasteiger partial charge in [-0.05, 0) is 84.4 Å². The van der Waals surface area contributed by atoms with Gasteiger partial charge in [-0.3, -0.25) is 29.3 Å². The highest BCUT2D eigenvalue weighted by atomic mass is 35.5. The van der Waals surface area contributed by atoms with Crippen LogP contribution in [0.5, 0.6) is 0 Å². The Balaban J connectivity index is 1.40. The zero-order valence-electron chi connectivity index (χ0n) is 42.4. The van der Waals surface area contributed by atoms with E-state index in [4.69, 9.17) is 35.7 Å². The summed E-state index contributed by atoms with van der Waals surface area (Å²) in [5, 5.41) is 26.3. The maximum atomic E-state index is 14.3. The van der Waals surface area contributed by atoms with E-state index in [2.05, 4.69) is 10.6 Å². The summed E-state index contributed by atoms with van der Waals surface area (Å²) >= 11 is 6.83. The number of carboxylic acid groups (broad SMARTS) is 1. The summed E-state index contributed by atoms with van der Waals surface area (Å²) in [6, 6.07) is 2.75. The molecule has 1 unspecified atom stereocenters. The standard InChI is InChI=1S/C50H73ClN4O13S2/c1-29-15-12-18-38(65-11)50(64)28-37(66-47(63)53-50)32(4)44-49(8,68-44)39(27-41(58)55(10)36-26-34(23-29)24-30(2)43(36)51)67-46(62)33(5)54(9)40(57)19-20-48(6,7)70-69-22-14-17-35(56)16-13-21-52-45(61)31(3)25-42(59)60/h12,15,18,24,26,31-33,37-39,44,64H,13-14,16-17,19-23,25,27-28H2,1-11H3,(H,52,61)(H,53,63)(H,59,60)/b18-12+,29-15+/t31?,32-,33+,37+,38-,39+,44+,49+,50+/m1/s1. The molecule has 390 valence electrons. The van der Waals surface area contributed by atoms with E-state index in [1.165, 1.54) is 24.0 Å². The van der Waals surface area contributed by atoms with Gasteiger partial charge in [0.25, 0.3) is 0 Å². The van der Waals surface area contributed by atoms with E-state index in [0.29, 0.717) is 55.8 Å². The molecule has 0 aromatic heterocycles. The van der Waals surface area contributed by atoms with Crippen LogP contribution in [-0.4, -0.2) is 137 Å². The van der Waals surface area contributed by atoms with Gasteiger partial charge < -0.3 is 44.3 Å². The minimum atomic E-state index is -1.85. The van der Waals surface area contributed by atoms with Gasteiger partial charge in [-0.25, -0.2) is 9.59 Å². The number of hydrogen-bond donors (Lipinski definition) is 4. The van der Waals surface area contributed by atoms with Gasteiger partial charge in [-0.1, -0.05) is 76.9 Å². The van der Waals surface area contributed by atoms with Gasteiger partial charge in [0.15, 0.2) is 5.72 Å². The van der Waals surface area contributed by atoms with Crippen LogP contribution >= 0.6 is 33.2 Å². The van der Waals surface area contributed by atoms with Crippen molar-refractivity contribution in [3.63, 3.8) is 0 Å². The summed E-state index contributed by atoms with van der Waals surface area (Å²) in [6.45, 7) is 14.8. The van der Waals surface area contributed by atoms with Crippen LogP contribution < -0.4 is 15.5 Å². The predicted octanol–water partition coefficient (Wildman–Crippen LogP) is 7.11. The number of benzene rings is 1. The van der Waals surface area contributed by atoms with Gasteiger partial charge in [-0.2, -0.15) is 0 Å². The maximum Gasteiger partial charge on any atom is 0.409 e. The lowest BCUT2D eigenvalue weighted by atomic mass is 9.83. The van der Waals surface area contributed by atoms with Gasteiger partial charge in [-0.15, -0.1) is 0 Å². The number of nitrogens with zero attached hydrogens (tertiary/aromatic N) is 2. The molecule has 0 saturated carbocycles. The van der Waals surface area contributed by atoms with E-state index in [9.17, 15) is 38.7 Å². The zero-order valence-corrected chi connectivity index (χ0v) is 44.8. The fourth-order valence-electron chi connectivity index (χ4n) is 8.56. The lowest BCUT2D eigenvalue weighted by Gasteiger charge is -2.42. The van der Waals surface area contributed by atoms with Crippen LogP contribution in [0.15, 0.2) is 35.9 Å². The number of anilines is 1. The molecule has 1 aromatic rings. The number of allylic oxidation sites excluding steroid dienone is 3. The van der Waals surface area contributed by atoms with Crippen molar-refractivity contribution in [1.29, 1.82) is 0 Å². The molecule has 1 aromatic carbocycles. The molecule has 4 rings (SSSR count). The number of carbonyl (C=O) groups is 7. The Kier molecular flexibility index (Phi) is 21.3. The number of carbonyl (C=O) groups excluding carboxylic acids is 6. The first-order valence-corrected chi connectivity index (χ1v) is 26.5. The van der Waals surface area contributed by atoms with Gasteiger partial charge in [0.2, 0.25) is 17.7 Å². The Morgan fingerprint density at radius 1 is 1.11 bits per heavy atom. The van der Waals surface area contributed by atoms with Crippen molar-refractivity contribution in [3.05, 3.63) is 52.1 Å². The van der Waals surface area contributed by atoms with Crippen molar-refractivity contribution in [3.8, 4) is 0 Å². The number of Topliss-reactive ketones (excluding diaryl/α,β-unsaturated/α-hetero) is 1. The van der Waals surface area contributed by atoms with E-state index >= 15 is 0 Å². The smallest absolute Gasteiger partial charge is 0.409 e. The van der Waals surface area contributed by atoms with Crippen molar-refractivity contribution < 1.29 is 62.7 Å². The predicted molar refractivity (Wildman–Crippen MR) is 270 cm³/mol. The van der Waals surface area contributed by atoms with Crippen molar-refractivity contribution in [1.82, 2.24) is 15.5 Å². The number of fused-ring (bicyclic) bond motifs is 5. The summed E-state index contributed by atoms with van der Waals surface area (Å²) in [7, 11) is 7.80. The number of halogens is 1. The molecule has 0 radical (unpaired) electrons. The summed E-state index contributed by atoms with van der Waals surface area (Å²) in [4.78, 5) is 92.9. The van der Waals surface area contributed by atoms with Crippen molar-refractivity contribution in [2.45, 2.75) is 166 Å². The van der Waals surface area contributed by atoms with Crippen LogP contribution in [0.25, 0.3) is 0 Å². The van der Waals surface area contributed by atoms with Crippen molar-refractivity contribution in [2.24, 2.45) is 11.8 Å². The molecule has 4 amide bonds. The second-order valence-electron chi connectivity index (χ2n) is 19.7. The zero-order chi connectivity index (χ0) is 52.3. The molecule has 2 fully saturated rings. The fourth-order valence-corrected chi connectivity index (χ4v) is 11.5. The summed E-state index contributed by atoms with van der Waals surface area (Å²) in [5.41, 5.74) is -0.0131. The Hall–Kier alpha value is -4.14. The molecule has 3 aliphatic heterocycles. The number of aliphatic carboxylic acids is 1. The Morgan fingerprint density at radius 3 is 2.47 bits per heavy atom. The molecule has 3 aliphatic rings.